The molecule has 106 valence electrons. The van der Waals surface area contributed by atoms with Crippen LogP contribution in [0.15, 0.2) is 24.3 Å². The first-order valence-electron chi connectivity index (χ1n) is 5.87. The Morgan fingerprint density at radius 3 is 2.37 bits per heavy atom. The Morgan fingerprint density at radius 2 is 1.84 bits per heavy atom. The maximum atomic E-state index is 12.9. The Bertz CT molecular complexity index is 397. The van der Waals surface area contributed by atoms with Gasteiger partial charge in [0.05, 0.1) is 19.3 Å². The average Bonchev–Trinajstić information content (AvgIpc) is 2.39. The second-order valence-corrected chi connectivity index (χ2v) is 4.13. The number of hydrogen-bond donors (Lipinski definition) is 2. The van der Waals surface area contributed by atoms with Crippen LogP contribution >= 0.6 is 0 Å². The predicted octanol–water partition coefficient (Wildman–Crippen LogP) is 0.603. The number of nitrogens with two attached hydrogens (primary N) is 1. The minimum Gasteiger partial charge on any atom is -0.383 e. The topological polar surface area (TPSA) is 73.6 Å². The van der Waals surface area contributed by atoms with Gasteiger partial charge in [-0.2, -0.15) is 0 Å². The van der Waals surface area contributed by atoms with Crippen molar-refractivity contribution < 1.29 is 18.7 Å². The van der Waals surface area contributed by atoms with Crippen molar-refractivity contribution in [3.8, 4) is 0 Å². The number of amides is 1. The van der Waals surface area contributed by atoms with E-state index in [1.165, 1.54) is 26.4 Å². The van der Waals surface area contributed by atoms with E-state index in [1.807, 2.05) is 0 Å². The number of benzene rings is 1. The number of rotatable bonds is 7. The van der Waals surface area contributed by atoms with Crippen molar-refractivity contribution in [1.82, 2.24) is 5.32 Å². The highest BCUT2D eigenvalue weighted by atomic mass is 19.1. The van der Waals surface area contributed by atoms with Gasteiger partial charge in [-0.1, -0.05) is 12.1 Å². The lowest BCUT2D eigenvalue weighted by Gasteiger charge is -2.20. The van der Waals surface area contributed by atoms with Gasteiger partial charge in [0, 0.05) is 14.2 Å². The third kappa shape index (κ3) is 4.94. The van der Waals surface area contributed by atoms with Crippen LogP contribution in [0.4, 0.5) is 4.39 Å². The first-order chi connectivity index (χ1) is 9.08. The first kappa shape index (κ1) is 15.6. The second-order valence-electron chi connectivity index (χ2n) is 4.13. The fraction of sp³-hybridized carbons (Fsp3) is 0.462. The van der Waals surface area contributed by atoms with Crippen molar-refractivity contribution in [1.29, 1.82) is 0 Å². The highest BCUT2D eigenvalue weighted by Gasteiger charge is 2.19. The molecule has 5 nitrogen and oxygen atoms in total. The van der Waals surface area contributed by atoms with E-state index in [0.29, 0.717) is 0 Å². The summed E-state index contributed by atoms with van der Waals surface area (Å²) >= 11 is 0. The van der Waals surface area contributed by atoms with Crippen LogP contribution in [0.2, 0.25) is 0 Å². The first-order valence-corrected chi connectivity index (χ1v) is 5.87. The van der Waals surface area contributed by atoms with Crippen molar-refractivity contribution >= 4 is 5.91 Å². The van der Waals surface area contributed by atoms with Gasteiger partial charge in [0.2, 0.25) is 5.91 Å². The third-order valence-electron chi connectivity index (χ3n) is 2.61. The molecule has 2 atom stereocenters. The van der Waals surface area contributed by atoms with Gasteiger partial charge in [0.15, 0.2) is 0 Å². The number of nitrogens with one attached hydrogen (secondary N) is 1. The summed E-state index contributed by atoms with van der Waals surface area (Å²) in [6, 6.07) is 4.74. The summed E-state index contributed by atoms with van der Waals surface area (Å²) in [6.07, 6.45) is 0. The molecule has 0 heterocycles. The molecular weight excluding hydrogens is 251 g/mol. The number of carbonyl (C=O) groups is 1. The maximum absolute atomic E-state index is 12.9. The lowest BCUT2D eigenvalue weighted by molar-refractivity contribution is -0.124. The van der Waals surface area contributed by atoms with Gasteiger partial charge in [0.1, 0.15) is 11.9 Å². The molecule has 0 spiro atoms. The second kappa shape index (κ2) is 7.83. The number of hydrogen-bond acceptors (Lipinski definition) is 4. The highest BCUT2D eigenvalue weighted by Crippen LogP contribution is 2.14. The summed E-state index contributed by atoms with van der Waals surface area (Å²) in [4.78, 5) is 11.8. The predicted molar refractivity (Wildman–Crippen MR) is 69.0 cm³/mol. The SMILES string of the molecule is COCC(N)C(=O)NC(COC)c1ccc(F)cc1. The molecule has 0 aliphatic heterocycles. The van der Waals surface area contributed by atoms with E-state index < -0.39 is 6.04 Å². The van der Waals surface area contributed by atoms with E-state index in [4.69, 9.17) is 15.2 Å². The maximum Gasteiger partial charge on any atom is 0.239 e. The Hall–Kier alpha value is -1.50. The van der Waals surface area contributed by atoms with Gasteiger partial charge in [0.25, 0.3) is 0 Å². The quantitative estimate of drug-likeness (QED) is 0.761. The molecule has 0 bridgehead atoms. The third-order valence-corrected chi connectivity index (χ3v) is 2.61. The van der Waals surface area contributed by atoms with Gasteiger partial charge in [-0.3, -0.25) is 4.79 Å². The normalized spacial score (nSPS) is 13.9. The standard InChI is InChI=1S/C13H19FN2O3/c1-18-7-11(15)13(17)16-12(8-19-2)9-3-5-10(14)6-4-9/h3-6,11-12H,7-8,15H2,1-2H3,(H,16,17). The fourth-order valence-corrected chi connectivity index (χ4v) is 1.62. The van der Waals surface area contributed by atoms with Crippen LogP contribution in [0.1, 0.15) is 11.6 Å². The Balaban J connectivity index is 2.72. The number of ether oxygens (including phenoxy) is 2. The molecule has 1 aromatic rings. The molecule has 3 N–H and O–H groups in total. The van der Waals surface area contributed by atoms with Crippen LogP contribution in [0.3, 0.4) is 0 Å². The molecule has 2 unspecified atom stereocenters. The minimum absolute atomic E-state index is 0.134. The largest absolute Gasteiger partial charge is 0.383 e. The summed E-state index contributed by atoms with van der Waals surface area (Å²) < 4.78 is 22.7. The molecule has 0 saturated heterocycles. The summed E-state index contributed by atoms with van der Waals surface area (Å²) in [6.45, 7) is 0.409. The Kier molecular flexibility index (Phi) is 6.41. The molecule has 0 fully saturated rings. The molecule has 0 aliphatic rings. The zero-order chi connectivity index (χ0) is 14.3. The average molecular weight is 270 g/mol. The van der Waals surface area contributed by atoms with Crippen molar-refractivity contribution in [2.45, 2.75) is 12.1 Å². The van der Waals surface area contributed by atoms with Crippen LogP contribution in [0.5, 0.6) is 0 Å². The Morgan fingerprint density at radius 1 is 1.26 bits per heavy atom. The van der Waals surface area contributed by atoms with Crippen molar-refractivity contribution in [2.24, 2.45) is 5.73 Å². The lowest BCUT2D eigenvalue weighted by atomic mass is 10.1. The van der Waals surface area contributed by atoms with Crippen molar-refractivity contribution in [3.05, 3.63) is 35.6 Å². The van der Waals surface area contributed by atoms with Crippen LogP contribution in [0.25, 0.3) is 0 Å². The number of halogens is 1. The van der Waals surface area contributed by atoms with Crippen molar-refractivity contribution in [3.63, 3.8) is 0 Å². The van der Waals surface area contributed by atoms with E-state index in [1.54, 1.807) is 12.1 Å². The molecule has 0 saturated carbocycles. The van der Waals surface area contributed by atoms with Gasteiger partial charge >= 0.3 is 0 Å². The summed E-state index contributed by atoms with van der Waals surface area (Å²) in [5, 5.41) is 2.75. The minimum atomic E-state index is -0.746. The van der Waals surface area contributed by atoms with E-state index in [9.17, 15) is 9.18 Å². The van der Waals surface area contributed by atoms with E-state index >= 15 is 0 Å². The van der Waals surface area contributed by atoms with Gasteiger partial charge < -0.3 is 20.5 Å². The molecule has 0 aromatic heterocycles. The smallest absolute Gasteiger partial charge is 0.239 e. The molecular formula is C13H19FN2O3. The van der Waals surface area contributed by atoms with Crippen molar-refractivity contribution in [2.75, 3.05) is 27.4 Å². The zero-order valence-electron chi connectivity index (χ0n) is 11.1. The fourth-order valence-electron chi connectivity index (χ4n) is 1.62. The molecule has 6 heteroatoms. The zero-order valence-corrected chi connectivity index (χ0v) is 11.1. The number of carbonyl (C=O) groups excluding carboxylic acids is 1. The summed E-state index contributed by atoms with van der Waals surface area (Å²) in [7, 11) is 3.00. The van der Waals surface area contributed by atoms with Crippen LogP contribution < -0.4 is 11.1 Å². The summed E-state index contributed by atoms with van der Waals surface area (Å²) in [5.41, 5.74) is 6.39. The summed E-state index contributed by atoms with van der Waals surface area (Å²) in [5.74, 6) is -0.671. The van der Waals surface area contributed by atoms with Gasteiger partial charge in [-0.15, -0.1) is 0 Å². The number of methoxy groups -OCH3 is 2. The van der Waals surface area contributed by atoms with Crippen LogP contribution in [-0.4, -0.2) is 39.4 Å². The molecule has 1 rings (SSSR count). The molecule has 1 aromatic carbocycles. The monoisotopic (exact) mass is 270 g/mol. The Labute approximate surface area is 111 Å². The molecule has 1 amide bonds. The molecule has 0 radical (unpaired) electrons. The molecule has 19 heavy (non-hydrogen) atoms. The van der Waals surface area contributed by atoms with Crippen LogP contribution in [0, 0.1) is 5.82 Å². The van der Waals surface area contributed by atoms with Gasteiger partial charge in [-0.05, 0) is 17.7 Å². The molecule has 0 aliphatic carbocycles. The van der Waals surface area contributed by atoms with E-state index in [-0.39, 0.29) is 31.0 Å². The highest BCUT2D eigenvalue weighted by molar-refractivity contribution is 5.82. The van der Waals surface area contributed by atoms with Crippen LogP contribution in [-0.2, 0) is 14.3 Å². The van der Waals surface area contributed by atoms with E-state index in [0.717, 1.165) is 5.56 Å². The lowest BCUT2D eigenvalue weighted by Crippen LogP contribution is -2.45. The van der Waals surface area contributed by atoms with Gasteiger partial charge in [-0.25, -0.2) is 4.39 Å². The van der Waals surface area contributed by atoms with E-state index in [2.05, 4.69) is 5.32 Å².